The van der Waals surface area contributed by atoms with Crippen molar-refractivity contribution in [2.75, 3.05) is 0 Å². The van der Waals surface area contributed by atoms with Gasteiger partial charge < -0.3 is 14.3 Å². The molecule has 31 heavy (non-hydrogen) atoms. The zero-order valence-corrected chi connectivity index (χ0v) is 19.4. The Hall–Kier alpha value is -2.32. The van der Waals surface area contributed by atoms with Gasteiger partial charge in [-0.1, -0.05) is 24.3 Å². The minimum atomic E-state index is -4.99. The molecule has 0 saturated heterocycles. The standard InChI is InChI=1S/C18H12N2O8S2.Na/c21-15-7-11-14(8-16(15)28-30(25,26)27)20(29(22,23)24)13-6-5-10-9-3-1-2-4-12(9)19-18(10)17(11)13;/h1-8,19,21H,(H,22,23,24)(H,25,26,27);/q;+1. The number of aromatic amines is 1. The molecule has 0 aliphatic heterocycles. The predicted octanol–water partition coefficient (Wildman–Crippen LogP) is -0.0289. The molecule has 0 fully saturated rings. The van der Waals surface area contributed by atoms with Crippen LogP contribution in [0.1, 0.15) is 0 Å². The molecular weight excluding hydrogens is 459 g/mol. The molecule has 0 aliphatic carbocycles. The molecule has 4 N–H and O–H groups in total. The summed E-state index contributed by atoms with van der Waals surface area (Å²) >= 11 is 0. The van der Waals surface area contributed by atoms with Gasteiger partial charge in [-0.05, 0) is 18.2 Å². The fourth-order valence-electron chi connectivity index (χ4n) is 3.83. The molecular formula is C18H12N2NaO8S2+. The Labute approximate surface area is 197 Å². The number of fused-ring (bicyclic) bond motifs is 7. The van der Waals surface area contributed by atoms with Gasteiger partial charge in [0.25, 0.3) is 0 Å². The smallest absolute Gasteiger partial charge is 0.504 e. The number of aromatic nitrogens is 2. The molecule has 13 heteroatoms. The topological polar surface area (TPSA) is 159 Å². The van der Waals surface area contributed by atoms with Gasteiger partial charge in [-0.2, -0.15) is 16.8 Å². The van der Waals surface area contributed by atoms with Crippen LogP contribution in [0, 0.1) is 0 Å². The van der Waals surface area contributed by atoms with Crippen molar-refractivity contribution in [2.45, 2.75) is 0 Å². The summed E-state index contributed by atoms with van der Waals surface area (Å²) in [7, 11) is -9.82. The first-order chi connectivity index (χ1) is 14.0. The normalized spacial score (nSPS) is 12.6. The van der Waals surface area contributed by atoms with Gasteiger partial charge in [0.1, 0.15) is 0 Å². The molecule has 0 atom stereocenters. The van der Waals surface area contributed by atoms with Crippen LogP contribution in [-0.4, -0.2) is 40.0 Å². The fraction of sp³-hybridized carbons (Fsp3) is 0. The molecule has 5 rings (SSSR count). The van der Waals surface area contributed by atoms with Gasteiger partial charge >= 0.3 is 50.3 Å². The van der Waals surface area contributed by atoms with Crippen LogP contribution in [-0.2, 0) is 20.7 Å². The van der Waals surface area contributed by atoms with E-state index in [9.17, 15) is 26.5 Å². The Kier molecular flexibility index (Phi) is 5.01. The largest absolute Gasteiger partial charge is 1.00 e. The van der Waals surface area contributed by atoms with Crippen LogP contribution in [0.4, 0.5) is 0 Å². The van der Waals surface area contributed by atoms with Gasteiger partial charge in [-0.15, -0.1) is 0 Å². The number of hydrogen-bond donors (Lipinski definition) is 4. The van der Waals surface area contributed by atoms with Gasteiger partial charge in [-0.3, -0.25) is 9.11 Å². The number of rotatable bonds is 3. The van der Waals surface area contributed by atoms with Crippen molar-refractivity contribution in [3.05, 3.63) is 48.5 Å². The summed E-state index contributed by atoms with van der Waals surface area (Å²) in [5.41, 5.74) is 1.29. The number of hydrogen-bond acceptors (Lipinski definition) is 6. The van der Waals surface area contributed by atoms with Crippen LogP contribution in [0.15, 0.2) is 48.5 Å². The van der Waals surface area contributed by atoms with Crippen molar-refractivity contribution in [3.8, 4) is 11.5 Å². The minimum Gasteiger partial charge on any atom is -0.504 e. The Morgan fingerprint density at radius 1 is 0.871 bits per heavy atom. The maximum absolute atomic E-state index is 12.1. The molecule has 0 amide bonds. The van der Waals surface area contributed by atoms with Crippen molar-refractivity contribution < 1.29 is 64.8 Å². The van der Waals surface area contributed by atoms with E-state index in [1.807, 2.05) is 24.3 Å². The molecule has 154 valence electrons. The summed E-state index contributed by atoms with van der Waals surface area (Å²) in [4.78, 5) is 3.21. The summed E-state index contributed by atoms with van der Waals surface area (Å²) in [6, 6.07) is 12.6. The summed E-state index contributed by atoms with van der Waals surface area (Å²) < 4.78 is 70.1. The average Bonchev–Trinajstić information content (AvgIpc) is 3.15. The predicted molar refractivity (Wildman–Crippen MR) is 110 cm³/mol. The zero-order chi connectivity index (χ0) is 21.4. The number of nitrogens with zero attached hydrogens (tertiary/aromatic N) is 1. The summed E-state index contributed by atoms with van der Waals surface area (Å²) in [5.74, 6) is -1.35. The molecule has 0 unspecified atom stereocenters. The third-order valence-electron chi connectivity index (χ3n) is 4.87. The molecule has 0 spiro atoms. The number of phenolic OH excluding ortho intramolecular Hbond substituents is 1. The maximum atomic E-state index is 12.1. The van der Waals surface area contributed by atoms with Crippen molar-refractivity contribution in [1.82, 2.24) is 8.96 Å². The second-order valence-corrected chi connectivity index (χ2v) is 8.93. The van der Waals surface area contributed by atoms with E-state index in [4.69, 9.17) is 4.55 Å². The average molecular weight is 471 g/mol. The molecule has 0 radical (unpaired) electrons. The van der Waals surface area contributed by atoms with Gasteiger partial charge in [0.15, 0.2) is 11.5 Å². The second-order valence-electron chi connectivity index (χ2n) is 6.64. The van der Waals surface area contributed by atoms with Crippen LogP contribution >= 0.6 is 0 Å². The summed E-state index contributed by atoms with van der Waals surface area (Å²) in [6.45, 7) is 0. The van der Waals surface area contributed by atoms with Crippen LogP contribution in [0.25, 0.3) is 43.6 Å². The first-order valence-electron chi connectivity index (χ1n) is 8.40. The zero-order valence-electron chi connectivity index (χ0n) is 15.8. The van der Waals surface area contributed by atoms with Crippen LogP contribution in [0.3, 0.4) is 0 Å². The van der Waals surface area contributed by atoms with Gasteiger partial charge in [0.2, 0.25) is 0 Å². The van der Waals surface area contributed by atoms with E-state index in [-0.39, 0.29) is 46.0 Å². The molecule has 5 aromatic rings. The SMILES string of the molecule is O=S(=O)(O)Oc1cc2c(cc1O)c1c3[nH]c4ccccc4c3ccc1n2S(=O)(=O)O.[Na+]. The number of phenols is 1. The molecule has 0 aliphatic rings. The molecule has 3 aromatic carbocycles. The number of H-pyrrole nitrogens is 1. The van der Waals surface area contributed by atoms with E-state index in [1.54, 1.807) is 6.07 Å². The van der Waals surface area contributed by atoms with Crippen molar-refractivity contribution in [1.29, 1.82) is 0 Å². The number of nitrogens with one attached hydrogen (secondary N) is 1. The van der Waals surface area contributed by atoms with E-state index in [0.717, 1.165) is 28.4 Å². The summed E-state index contributed by atoms with van der Waals surface area (Å²) in [6.07, 6.45) is 0. The van der Waals surface area contributed by atoms with Gasteiger partial charge in [-0.25, -0.2) is 3.97 Å². The van der Waals surface area contributed by atoms with Crippen LogP contribution in [0.5, 0.6) is 11.5 Å². The molecule has 2 aromatic heterocycles. The fourth-order valence-corrected chi connectivity index (χ4v) is 4.99. The first-order valence-corrected chi connectivity index (χ1v) is 11.2. The number of benzene rings is 3. The molecule has 0 saturated carbocycles. The second kappa shape index (κ2) is 7.10. The van der Waals surface area contributed by atoms with Crippen LogP contribution < -0.4 is 33.7 Å². The van der Waals surface area contributed by atoms with E-state index in [2.05, 4.69) is 9.17 Å². The molecule has 2 heterocycles. The monoisotopic (exact) mass is 471 g/mol. The van der Waals surface area contributed by atoms with E-state index < -0.39 is 32.2 Å². The Morgan fingerprint density at radius 3 is 2.26 bits per heavy atom. The van der Waals surface area contributed by atoms with Crippen LogP contribution in [0.2, 0.25) is 0 Å². The maximum Gasteiger partial charge on any atom is 1.00 e. The van der Waals surface area contributed by atoms with Gasteiger partial charge in [0.05, 0.1) is 16.6 Å². The summed E-state index contributed by atoms with van der Waals surface area (Å²) in [5, 5.41) is 12.5. The van der Waals surface area contributed by atoms with E-state index in [1.165, 1.54) is 6.07 Å². The van der Waals surface area contributed by atoms with E-state index >= 15 is 0 Å². The third kappa shape index (κ3) is 3.46. The Bertz CT molecular complexity index is 1740. The minimum absolute atomic E-state index is 0. The third-order valence-corrected chi connectivity index (χ3v) is 6.12. The Balaban J connectivity index is 0.00000231. The quantitative estimate of drug-likeness (QED) is 0.211. The molecule has 0 bridgehead atoms. The first kappa shape index (κ1) is 21.9. The Morgan fingerprint density at radius 2 is 1.58 bits per heavy atom. The van der Waals surface area contributed by atoms with E-state index in [0.29, 0.717) is 14.9 Å². The van der Waals surface area contributed by atoms with Crippen molar-refractivity contribution >= 4 is 64.3 Å². The number of para-hydroxylation sites is 1. The molecule has 10 nitrogen and oxygen atoms in total. The van der Waals surface area contributed by atoms with Gasteiger partial charge in [0, 0.05) is 33.1 Å². The van der Waals surface area contributed by atoms with Crippen molar-refractivity contribution in [2.24, 2.45) is 0 Å². The number of aromatic hydroxyl groups is 1. The van der Waals surface area contributed by atoms with Crippen molar-refractivity contribution in [3.63, 3.8) is 0 Å².